The molecule has 0 saturated heterocycles. The minimum absolute atomic E-state index is 0.169. The second kappa shape index (κ2) is 7.75. The van der Waals surface area contributed by atoms with Crippen molar-refractivity contribution in [3.63, 3.8) is 0 Å². The molecule has 0 unspecified atom stereocenters. The predicted molar refractivity (Wildman–Crippen MR) is 99.0 cm³/mol. The number of para-hydroxylation sites is 1. The van der Waals surface area contributed by atoms with Crippen molar-refractivity contribution in [3.8, 4) is 5.75 Å². The Morgan fingerprint density at radius 2 is 1.86 bits per heavy atom. The summed E-state index contributed by atoms with van der Waals surface area (Å²) < 4.78 is 48.7. The predicted octanol–water partition coefficient (Wildman–Crippen LogP) is 5.18. The number of aromatic nitrogens is 1. The van der Waals surface area contributed by atoms with Crippen LogP contribution in [0, 0.1) is 0 Å². The number of methoxy groups -OCH3 is 1. The van der Waals surface area contributed by atoms with Gasteiger partial charge in [0.25, 0.3) is 0 Å². The highest BCUT2D eigenvalue weighted by Crippen LogP contribution is 2.35. The van der Waals surface area contributed by atoms with Gasteiger partial charge in [0.05, 0.1) is 25.0 Å². The van der Waals surface area contributed by atoms with E-state index in [0.29, 0.717) is 28.0 Å². The lowest BCUT2D eigenvalue weighted by atomic mass is 10.1. The largest absolute Gasteiger partial charge is 0.494 e. The first-order valence-corrected chi connectivity index (χ1v) is 8.42. The van der Waals surface area contributed by atoms with Gasteiger partial charge >= 0.3 is 12.1 Å². The van der Waals surface area contributed by atoms with Crippen LogP contribution in [0.5, 0.6) is 5.75 Å². The van der Waals surface area contributed by atoms with Gasteiger partial charge in [-0.1, -0.05) is 12.1 Å². The third-order valence-electron chi connectivity index (χ3n) is 4.06. The van der Waals surface area contributed by atoms with Crippen molar-refractivity contribution in [2.75, 3.05) is 19.0 Å². The monoisotopic (exact) mass is 390 g/mol. The van der Waals surface area contributed by atoms with Crippen LogP contribution in [0.1, 0.15) is 22.8 Å². The Hall–Kier alpha value is -3.29. The summed E-state index contributed by atoms with van der Waals surface area (Å²) in [5.74, 6) is -0.0856. The molecule has 0 radical (unpaired) electrons. The summed E-state index contributed by atoms with van der Waals surface area (Å²) in [6.45, 7) is 1.85. The third-order valence-corrected chi connectivity index (χ3v) is 4.06. The van der Waals surface area contributed by atoms with E-state index < -0.39 is 17.7 Å². The van der Waals surface area contributed by atoms with Gasteiger partial charge in [-0.2, -0.15) is 13.2 Å². The zero-order valence-corrected chi connectivity index (χ0v) is 15.1. The van der Waals surface area contributed by atoms with Crippen molar-refractivity contribution in [3.05, 3.63) is 59.8 Å². The maximum absolute atomic E-state index is 12.8. The fourth-order valence-electron chi connectivity index (χ4n) is 2.75. The number of fused-ring (bicyclic) bond motifs is 1. The van der Waals surface area contributed by atoms with E-state index in [1.165, 1.54) is 25.4 Å². The molecule has 0 aliphatic heterocycles. The standard InChI is InChI=1S/C20H17F3N2O3/c1-3-28-19(26)15-11-24-18-14(5-4-6-16(18)27-2)17(15)25-13-9-7-12(8-10-13)20(21,22)23/h4-11H,3H2,1-2H3,(H,24,25). The van der Waals surface area contributed by atoms with Crippen molar-refractivity contribution in [1.29, 1.82) is 0 Å². The summed E-state index contributed by atoms with van der Waals surface area (Å²) in [6.07, 6.45) is -3.07. The molecule has 0 amide bonds. The molecule has 0 spiro atoms. The normalized spacial score (nSPS) is 11.3. The Balaban J connectivity index is 2.11. The summed E-state index contributed by atoms with van der Waals surface area (Å²) in [7, 11) is 1.50. The van der Waals surface area contributed by atoms with E-state index in [1.807, 2.05) is 0 Å². The maximum atomic E-state index is 12.8. The molecular weight excluding hydrogens is 373 g/mol. The molecule has 0 saturated carbocycles. The summed E-state index contributed by atoms with van der Waals surface area (Å²) >= 11 is 0. The number of ether oxygens (including phenoxy) is 2. The summed E-state index contributed by atoms with van der Waals surface area (Å²) in [5.41, 5.74) is 0.677. The van der Waals surface area contributed by atoms with Gasteiger partial charge < -0.3 is 14.8 Å². The number of halogens is 3. The van der Waals surface area contributed by atoms with Crippen LogP contribution >= 0.6 is 0 Å². The minimum atomic E-state index is -4.43. The van der Waals surface area contributed by atoms with Crippen LogP contribution in [-0.2, 0) is 10.9 Å². The van der Waals surface area contributed by atoms with Gasteiger partial charge in [0.1, 0.15) is 16.8 Å². The molecule has 3 aromatic rings. The van der Waals surface area contributed by atoms with Crippen LogP contribution < -0.4 is 10.1 Å². The molecule has 1 aromatic heterocycles. The van der Waals surface area contributed by atoms with E-state index in [0.717, 1.165) is 12.1 Å². The molecule has 2 aromatic carbocycles. The highest BCUT2D eigenvalue weighted by atomic mass is 19.4. The Bertz CT molecular complexity index is 1000. The van der Waals surface area contributed by atoms with E-state index in [9.17, 15) is 18.0 Å². The quantitative estimate of drug-likeness (QED) is 0.608. The number of nitrogens with one attached hydrogen (secondary N) is 1. The number of benzene rings is 2. The Morgan fingerprint density at radius 3 is 2.46 bits per heavy atom. The molecule has 1 heterocycles. The lowest BCUT2D eigenvalue weighted by molar-refractivity contribution is -0.137. The smallest absolute Gasteiger partial charge is 0.416 e. The average molecular weight is 390 g/mol. The van der Waals surface area contributed by atoms with Crippen LogP contribution in [0.15, 0.2) is 48.7 Å². The number of rotatable bonds is 5. The third kappa shape index (κ3) is 3.85. The van der Waals surface area contributed by atoms with Gasteiger partial charge in [-0.3, -0.25) is 4.98 Å². The molecule has 0 fully saturated rings. The molecule has 8 heteroatoms. The van der Waals surface area contributed by atoms with E-state index >= 15 is 0 Å². The number of nitrogens with zero attached hydrogens (tertiary/aromatic N) is 1. The summed E-state index contributed by atoms with van der Waals surface area (Å²) in [6, 6.07) is 9.72. The fourth-order valence-corrected chi connectivity index (χ4v) is 2.75. The number of esters is 1. The van der Waals surface area contributed by atoms with Crippen molar-refractivity contribution in [1.82, 2.24) is 4.98 Å². The summed E-state index contributed by atoms with van der Waals surface area (Å²) in [4.78, 5) is 16.6. The van der Waals surface area contributed by atoms with Gasteiger partial charge in [0, 0.05) is 17.3 Å². The highest BCUT2D eigenvalue weighted by Gasteiger charge is 2.30. The maximum Gasteiger partial charge on any atom is 0.416 e. The summed E-state index contributed by atoms with van der Waals surface area (Å²) in [5, 5.41) is 3.59. The number of alkyl halides is 3. The lowest BCUT2D eigenvalue weighted by Gasteiger charge is -2.16. The fraction of sp³-hybridized carbons (Fsp3) is 0.200. The van der Waals surface area contributed by atoms with Gasteiger partial charge in [-0.25, -0.2) is 4.79 Å². The number of pyridine rings is 1. The molecule has 0 bridgehead atoms. The number of anilines is 2. The van der Waals surface area contributed by atoms with Gasteiger partial charge in [-0.05, 0) is 37.3 Å². The van der Waals surface area contributed by atoms with Crippen LogP contribution in [0.4, 0.5) is 24.5 Å². The molecule has 28 heavy (non-hydrogen) atoms. The number of carbonyl (C=O) groups excluding carboxylic acids is 1. The lowest BCUT2D eigenvalue weighted by Crippen LogP contribution is -2.10. The Labute approximate surface area is 159 Å². The molecule has 0 atom stereocenters. The molecule has 146 valence electrons. The van der Waals surface area contributed by atoms with Crippen LogP contribution in [0.25, 0.3) is 10.9 Å². The molecule has 5 nitrogen and oxygen atoms in total. The first kappa shape index (κ1) is 19.5. The number of hydrogen-bond donors (Lipinski definition) is 1. The highest BCUT2D eigenvalue weighted by molar-refractivity contribution is 6.07. The van der Waals surface area contributed by atoms with Crippen LogP contribution in [0.2, 0.25) is 0 Å². The van der Waals surface area contributed by atoms with Crippen molar-refractivity contribution >= 4 is 28.2 Å². The molecule has 0 aliphatic carbocycles. The average Bonchev–Trinajstić information content (AvgIpc) is 2.67. The van der Waals surface area contributed by atoms with Gasteiger partial charge in [-0.15, -0.1) is 0 Å². The Kier molecular flexibility index (Phi) is 5.39. The number of carbonyl (C=O) groups is 1. The Morgan fingerprint density at radius 1 is 1.14 bits per heavy atom. The second-order valence-corrected chi connectivity index (χ2v) is 5.82. The van der Waals surface area contributed by atoms with Crippen molar-refractivity contribution < 1.29 is 27.4 Å². The van der Waals surface area contributed by atoms with Gasteiger partial charge in [0.2, 0.25) is 0 Å². The zero-order valence-electron chi connectivity index (χ0n) is 15.1. The van der Waals surface area contributed by atoms with Crippen LogP contribution in [-0.4, -0.2) is 24.7 Å². The van der Waals surface area contributed by atoms with E-state index in [-0.39, 0.29) is 12.2 Å². The van der Waals surface area contributed by atoms with Crippen LogP contribution in [0.3, 0.4) is 0 Å². The van der Waals surface area contributed by atoms with Gasteiger partial charge in [0.15, 0.2) is 0 Å². The van der Waals surface area contributed by atoms with E-state index in [1.54, 1.807) is 25.1 Å². The van der Waals surface area contributed by atoms with E-state index in [2.05, 4.69) is 10.3 Å². The van der Waals surface area contributed by atoms with E-state index in [4.69, 9.17) is 9.47 Å². The number of hydrogen-bond acceptors (Lipinski definition) is 5. The first-order chi connectivity index (χ1) is 13.3. The molecular formula is C20H17F3N2O3. The molecule has 0 aliphatic rings. The van der Waals surface area contributed by atoms with Crippen molar-refractivity contribution in [2.24, 2.45) is 0 Å². The second-order valence-electron chi connectivity index (χ2n) is 5.82. The topological polar surface area (TPSA) is 60.5 Å². The minimum Gasteiger partial charge on any atom is -0.494 e. The SMILES string of the molecule is CCOC(=O)c1cnc2c(OC)cccc2c1Nc1ccc(C(F)(F)F)cc1. The first-order valence-electron chi connectivity index (χ1n) is 8.42. The van der Waals surface area contributed by atoms with Crippen molar-refractivity contribution in [2.45, 2.75) is 13.1 Å². The zero-order chi connectivity index (χ0) is 20.3. The molecule has 1 N–H and O–H groups in total. The molecule has 3 rings (SSSR count).